The molecule has 0 bridgehead atoms. The lowest BCUT2D eigenvalue weighted by molar-refractivity contribution is -0.139. The molecule has 0 fully saturated rings. The third-order valence-electron chi connectivity index (χ3n) is 2.31. The van der Waals surface area contributed by atoms with Gasteiger partial charge >= 0.3 is 5.97 Å². The molecule has 0 aliphatic rings. The monoisotopic (exact) mass is 243 g/mol. The summed E-state index contributed by atoms with van der Waals surface area (Å²) in [6.07, 6.45) is 3.31. The van der Waals surface area contributed by atoms with Crippen LogP contribution in [0, 0.1) is 11.3 Å². The summed E-state index contributed by atoms with van der Waals surface area (Å²) in [5, 5.41) is 8.52. The summed E-state index contributed by atoms with van der Waals surface area (Å²) in [7, 11) is 1.32. The van der Waals surface area contributed by atoms with Gasteiger partial charge in [-0.15, -0.1) is 0 Å². The first-order chi connectivity index (χ1) is 8.69. The summed E-state index contributed by atoms with van der Waals surface area (Å²) in [4.78, 5) is 22.6. The molecule has 0 N–H and O–H groups in total. The zero-order valence-electron chi connectivity index (χ0n) is 10.1. The largest absolute Gasteiger partial charge is 0.469 e. The summed E-state index contributed by atoms with van der Waals surface area (Å²) in [6, 6.07) is 8.79. The van der Waals surface area contributed by atoms with Crippen LogP contribution in [0.5, 0.6) is 0 Å². The number of ketones is 1. The predicted octanol–water partition coefficient (Wildman–Crippen LogP) is 2.36. The van der Waals surface area contributed by atoms with Gasteiger partial charge in [0.05, 0.1) is 26.0 Å². The summed E-state index contributed by atoms with van der Waals surface area (Å²) in [6.45, 7) is 0. The number of carbonyl (C=O) groups is 2. The Morgan fingerprint density at radius 3 is 2.78 bits per heavy atom. The molecule has 0 aliphatic heterocycles. The van der Waals surface area contributed by atoms with Crippen LogP contribution in [0.3, 0.4) is 0 Å². The van der Waals surface area contributed by atoms with Crippen molar-refractivity contribution < 1.29 is 14.3 Å². The molecule has 0 saturated carbocycles. The van der Waals surface area contributed by atoms with Crippen molar-refractivity contribution in [2.75, 3.05) is 7.11 Å². The number of Topliss-reactive ketones (excluding diaryl/α,β-unsaturated/α-hetero) is 1. The van der Waals surface area contributed by atoms with Crippen molar-refractivity contribution in [2.45, 2.75) is 12.8 Å². The predicted molar refractivity (Wildman–Crippen MR) is 66.7 cm³/mol. The molecule has 0 amide bonds. The minimum Gasteiger partial charge on any atom is -0.469 e. The number of hydrogen-bond acceptors (Lipinski definition) is 4. The first kappa shape index (κ1) is 13.7. The number of carbonyl (C=O) groups excluding carboxylic acids is 2. The maximum absolute atomic E-state index is 11.7. The first-order valence-electron chi connectivity index (χ1n) is 5.41. The highest BCUT2D eigenvalue weighted by atomic mass is 16.5. The SMILES string of the molecule is COC(=O)CC=Cc1ccccc1C(=O)CC#N. The minimum absolute atomic E-state index is 0.150. The van der Waals surface area contributed by atoms with Crippen LogP contribution in [-0.2, 0) is 9.53 Å². The molecule has 0 spiro atoms. The van der Waals surface area contributed by atoms with E-state index in [4.69, 9.17) is 5.26 Å². The molecule has 92 valence electrons. The molecule has 1 aromatic carbocycles. The summed E-state index contributed by atoms with van der Waals surface area (Å²) >= 11 is 0. The fourth-order valence-corrected chi connectivity index (χ4v) is 1.43. The van der Waals surface area contributed by atoms with Crippen LogP contribution < -0.4 is 0 Å². The van der Waals surface area contributed by atoms with E-state index >= 15 is 0 Å². The second kappa shape index (κ2) is 7.02. The van der Waals surface area contributed by atoms with E-state index in [1.165, 1.54) is 7.11 Å². The third-order valence-corrected chi connectivity index (χ3v) is 2.31. The number of rotatable bonds is 5. The van der Waals surface area contributed by atoms with Gasteiger partial charge in [0.15, 0.2) is 5.78 Å². The van der Waals surface area contributed by atoms with E-state index in [9.17, 15) is 9.59 Å². The average Bonchev–Trinajstić information content (AvgIpc) is 2.39. The van der Waals surface area contributed by atoms with E-state index in [0.717, 1.165) is 0 Å². The van der Waals surface area contributed by atoms with E-state index < -0.39 is 0 Å². The highest BCUT2D eigenvalue weighted by molar-refractivity contribution is 6.00. The fraction of sp³-hybridized carbons (Fsp3) is 0.214. The lowest BCUT2D eigenvalue weighted by atomic mass is 10.0. The Bertz CT molecular complexity index is 512. The summed E-state index contributed by atoms with van der Waals surface area (Å²) in [5.41, 5.74) is 1.18. The standard InChI is InChI=1S/C14H13NO3/c1-18-14(17)8-4-6-11-5-2-3-7-12(11)13(16)9-10-15/h2-7H,8-9H2,1H3. The lowest BCUT2D eigenvalue weighted by Gasteiger charge is -2.02. The highest BCUT2D eigenvalue weighted by Crippen LogP contribution is 2.13. The van der Waals surface area contributed by atoms with Crippen LogP contribution in [0.2, 0.25) is 0 Å². The maximum atomic E-state index is 11.7. The van der Waals surface area contributed by atoms with Gasteiger partial charge < -0.3 is 4.74 Å². The molecule has 0 radical (unpaired) electrons. The quantitative estimate of drug-likeness (QED) is 0.588. The van der Waals surface area contributed by atoms with Crippen molar-refractivity contribution in [3.63, 3.8) is 0 Å². The summed E-state index contributed by atoms with van der Waals surface area (Å²) in [5.74, 6) is -0.567. The van der Waals surface area contributed by atoms with Crippen molar-refractivity contribution in [3.05, 3.63) is 41.5 Å². The van der Waals surface area contributed by atoms with Crippen molar-refractivity contribution in [1.82, 2.24) is 0 Å². The molecule has 4 nitrogen and oxygen atoms in total. The molecule has 0 atom stereocenters. The average molecular weight is 243 g/mol. The maximum Gasteiger partial charge on any atom is 0.309 e. The Morgan fingerprint density at radius 2 is 2.11 bits per heavy atom. The van der Waals surface area contributed by atoms with Gasteiger partial charge in [0.25, 0.3) is 0 Å². The number of nitriles is 1. The fourth-order valence-electron chi connectivity index (χ4n) is 1.43. The Balaban J connectivity index is 2.86. The van der Waals surface area contributed by atoms with Gasteiger partial charge in [0.1, 0.15) is 0 Å². The van der Waals surface area contributed by atoms with Gasteiger partial charge in [-0.05, 0) is 5.56 Å². The third kappa shape index (κ3) is 3.87. The molecule has 0 unspecified atom stereocenters. The van der Waals surface area contributed by atoms with E-state index in [-0.39, 0.29) is 24.6 Å². The molecule has 0 aliphatic carbocycles. The number of ether oxygens (including phenoxy) is 1. The number of hydrogen-bond donors (Lipinski definition) is 0. The normalized spacial score (nSPS) is 10.0. The molecular weight excluding hydrogens is 230 g/mol. The number of benzene rings is 1. The molecule has 0 heterocycles. The minimum atomic E-state index is -0.341. The van der Waals surface area contributed by atoms with Crippen LogP contribution in [0.1, 0.15) is 28.8 Å². The van der Waals surface area contributed by atoms with Crippen LogP contribution in [-0.4, -0.2) is 18.9 Å². The van der Waals surface area contributed by atoms with Crippen molar-refractivity contribution in [1.29, 1.82) is 5.26 Å². The van der Waals surface area contributed by atoms with Crippen molar-refractivity contribution >= 4 is 17.8 Å². The van der Waals surface area contributed by atoms with Crippen LogP contribution >= 0.6 is 0 Å². The van der Waals surface area contributed by atoms with Crippen molar-refractivity contribution in [2.24, 2.45) is 0 Å². The number of nitrogens with zero attached hydrogens (tertiary/aromatic N) is 1. The Hall–Kier alpha value is -2.41. The van der Waals surface area contributed by atoms with Gasteiger partial charge in [-0.2, -0.15) is 5.26 Å². The Morgan fingerprint density at radius 1 is 1.39 bits per heavy atom. The highest BCUT2D eigenvalue weighted by Gasteiger charge is 2.08. The van der Waals surface area contributed by atoms with E-state index in [1.807, 2.05) is 6.07 Å². The van der Waals surface area contributed by atoms with E-state index in [2.05, 4.69) is 4.74 Å². The van der Waals surface area contributed by atoms with Gasteiger partial charge in [-0.3, -0.25) is 9.59 Å². The van der Waals surface area contributed by atoms with Crippen molar-refractivity contribution in [3.8, 4) is 6.07 Å². The Labute approximate surface area is 105 Å². The molecule has 0 aromatic heterocycles. The van der Waals surface area contributed by atoms with Crippen LogP contribution in [0.25, 0.3) is 6.08 Å². The second-order valence-electron chi connectivity index (χ2n) is 3.53. The zero-order valence-corrected chi connectivity index (χ0v) is 10.1. The van der Waals surface area contributed by atoms with E-state index in [1.54, 1.807) is 36.4 Å². The summed E-state index contributed by atoms with van der Waals surface area (Å²) < 4.78 is 4.50. The molecule has 18 heavy (non-hydrogen) atoms. The van der Waals surface area contributed by atoms with E-state index in [0.29, 0.717) is 11.1 Å². The molecule has 1 rings (SSSR count). The molecule has 0 saturated heterocycles. The molecule has 1 aromatic rings. The Kier molecular flexibility index (Phi) is 5.33. The lowest BCUT2D eigenvalue weighted by Crippen LogP contribution is -2.00. The smallest absolute Gasteiger partial charge is 0.309 e. The zero-order chi connectivity index (χ0) is 13.4. The topological polar surface area (TPSA) is 67.2 Å². The van der Waals surface area contributed by atoms with Gasteiger partial charge in [-0.25, -0.2) is 0 Å². The van der Waals surface area contributed by atoms with Crippen LogP contribution in [0.4, 0.5) is 0 Å². The van der Waals surface area contributed by atoms with Crippen LogP contribution in [0.15, 0.2) is 30.3 Å². The molecular formula is C14H13NO3. The number of esters is 1. The van der Waals surface area contributed by atoms with Gasteiger partial charge in [-0.1, -0.05) is 36.4 Å². The first-order valence-corrected chi connectivity index (χ1v) is 5.41. The van der Waals surface area contributed by atoms with Gasteiger partial charge in [0, 0.05) is 5.56 Å². The van der Waals surface area contributed by atoms with Gasteiger partial charge in [0.2, 0.25) is 0 Å². The number of methoxy groups -OCH3 is 1. The second-order valence-corrected chi connectivity index (χ2v) is 3.53. The molecule has 4 heteroatoms.